The number of carbonyl (C=O) groups excluding carboxylic acids is 1. The first-order chi connectivity index (χ1) is 15.6. The van der Waals surface area contributed by atoms with Crippen molar-refractivity contribution < 1.29 is 22.3 Å². The molecule has 1 N–H and O–H groups in total. The third kappa shape index (κ3) is 6.45. The van der Waals surface area contributed by atoms with Gasteiger partial charge in [-0.15, -0.1) is 0 Å². The van der Waals surface area contributed by atoms with Gasteiger partial charge in [-0.05, 0) is 57.8 Å². The van der Waals surface area contributed by atoms with Crippen molar-refractivity contribution in [3.8, 4) is 0 Å². The van der Waals surface area contributed by atoms with Gasteiger partial charge in [-0.2, -0.15) is 4.31 Å². The van der Waals surface area contributed by atoms with Crippen LogP contribution in [0.3, 0.4) is 0 Å². The molecule has 0 radical (unpaired) electrons. The van der Waals surface area contributed by atoms with E-state index in [4.69, 9.17) is 4.74 Å². The number of benzene rings is 2. The molecule has 1 aliphatic heterocycles. The lowest BCUT2D eigenvalue weighted by Gasteiger charge is -2.34. The van der Waals surface area contributed by atoms with Crippen LogP contribution >= 0.6 is 0 Å². The number of hydrogen-bond donors (Lipinski definition) is 1. The Labute approximate surface area is 195 Å². The molecule has 0 aliphatic carbocycles. The van der Waals surface area contributed by atoms with Crippen LogP contribution in [0.15, 0.2) is 53.4 Å². The van der Waals surface area contributed by atoms with Crippen LogP contribution in [-0.4, -0.2) is 75.9 Å². The smallest absolute Gasteiger partial charge is 0.243 e. The Hall–Kier alpha value is -2.17. The van der Waals surface area contributed by atoms with Crippen LogP contribution in [0.5, 0.6) is 0 Å². The number of sulfonamides is 1. The molecule has 0 bridgehead atoms. The molecule has 3 unspecified atom stereocenters. The molecule has 1 fully saturated rings. The summed E-state index contributed by atoms with van der Waals surface area (Å²) >= 11 is 0. The second kappa shape index (κ2) is 10.8. The Morgan fingerprint density at radius 3 is 2.39 bits per heavy atom. The van der Waals surface area contributed by atoms with Gasteiger partial charge in [-0.25, -0.2) is 12.8 Å². The van der Waals surface area contributed by atoms with Crippen molar-refractivity contribution in [2.45, 2.75) is 37.0 Å². The summed E-state index contributed by atoms with van der Waals surface area (Å²) in [7, 11) is 0.107. The summed E-state index contributed by atoms with van der Waals surface area (Å²) in [5, 5.41) is 3.15. The van der Waals surface area contributed by atoms with Gasteiger partial charge in [-0.3, -0.25) is 4.79 Å². The van der Waals surface area contributed by atoms with E-state index in [1.807, 2.05) is 32.8 Å². The number of halogens is 1. The van der Waals surface area contributed by atoms with E-state index in [0.717, 1.165) is 5.56 Å². The van der Waals surface area contributed by atoms with E-state index in [1.165, 1.54) is 28.6 Å². The Bertz CT molecular complexity index is 1050. The minimum absolute atomic E-state index is 0.0459. The number of morpholine rings is 1. The summed E-state index contributed by atoms with van der Waals surface area (Å²) in [5.74, 6) is -0.498. The number of carbonyl (C=O) groups is 1. The summed E-state index contributed by atoms with van der Waals surface area (Å²) in [6, 6.07) is 12.4. The molecule has 1 heterocycles. The van der Waals surface area contributed by atoms with Crippen molar-refractivity contribution in [3.63, 3.8) is 0 Å². The first-order valence-corrected chi connectivity index (χ1v) is 12.4. The average molecular weight is 478 g/mol. The molecule has 0 spiro atoms. The summed E-state index contributed by atoms with van der Waals surface area (Å²) in [6.45, 7) is 4.78. The van der Waals surface area contributed by atoms with E-state index >= 15 is 0 Å². The number of ketones is 1. The second-order valence-corrected chi connectivity index (χ2v) is 10.6. The number of rotatable bonds is 9. The highest BCUT2D eigenvalue weighted by Gasteiger charge is 2.32. The molecule has 33 heavy (non-hydrogen) atoms. The molecule has 3 atom stereocenters. The minimum atomic E-state index is -3.73. The fourth-order valence-corrected chi connectivity index (χ4v) is 5.65. The molecular formula is C24H32FN3O4S. The van der Waals surface area contributed by atoms with Crippen LogP contribution in [0, 0.1) is 5.82 Å². The summed E-state index contributed by atoms with van der Waals surface area (Å²) in [5.41, 5.74) is 1.27. The summed E-state index contributed by atoms with van der Waals surface area (Å²) < 4.78 is 46.5. The quantitative estimate of drug-likeness (QED) is 0.560. The predicted octanol–water partition coefficient (Wildman–Crippen LogP) is 2.70. The molecule has 0 aromatic heterocycles. The van der Waals surface area contributed by atoms with E-state index in [2.05, 4.69) is 5.32 Å². The van der Waals surface area contributed by atoms with E-state index in [9.17, 15) is 17.6 Å². The van der Waals surface area contributed by atoms with E-state index in [1.54, 1.807) is 24.3 Å². The van der Waals surface area contributed by atoms with Crippen molar-refractivity contribution in [2.24, 2.45) is 0 Å². The zero-order valence-electron chi connectivity index (χ0n) is 19.5. The average Bonchev–Trinajstić information content (AvgIpc) is 2.76. The van der Waals surface area contributed by atoms with Gasteiger partial charge in [-0.1, -0.05) is 24.3 Å². The van der Waals surface area contributed by atoms with Crippen molar-refractivity contribution in [3.05, 3.63) is 65.5 Å². The number of hydrogen-bond acceptors (Lipinski definition) is 6. The Morgan fingerprint density at radius 1 is 1.15 bits per heavy atom. The van der Waals surface area contributed by atoms with Crippen molar-refractivity contribution in [1.82, 2.24) is 14.5 Å². The van der Waals surface area contributed by atoms with Crippen molar-refractivity contribution >= 4 is 15.8 Å². The zero-order valence-corrected chi connectivity index (χ0v) is 20.3. The van der Waals surface area contributed by atoms with Crippen LogP contribution in [0.1, 0.15) is 35.8 Å². The maximum absolute atomic E-state index is 13.2. The van der Waals surface area contributed by atoms with Gasteiger partial charge >= 0.3 is 0 Å². The molecular weight excluding hydrogens is 445 g/mol. The zero-order chi connectivity index (χ0) is 24.2. The lowest BCUT2D eigenvalue weighted by molar-refractivity contribution is -0.0440. The third-order valence-corrected chi connectivity index (χ3v) is 7.51. The van der Waals surface area contributed by atoms with Crippen LogP contribution in [0.2, 0.25) is 0 Å². The SMILES string of the molecule is CC1CN(S(=O)(=O)c2cccc(C(=O)CNCC(c3ccc(F)cc3)N(C)C)c2)CC(C)O1. The number of ether oxygens (including phenoxy) is 1. The van der Waals surface area contributed by atoms with Gasteiger partial charge in [0.1, 0.15) is 5.82 Å². The monoisotopic (exact) mass is 477 g/mol. The number of likely N-dealkylation sites (N-methyl/N-ethyl adjacent to an activating group) is 1. The van der Waals surface area contributed by atoms with Gasteiger partial charge in [0.05, 0.1) is 23.6 Å². The maximum atomic E-state index is 13.2. The fraction of sp³-hybridized carbons (Fsp3) is 0.458. The molecule has 2 aromatic carbocycles. The Kier molecular flexibility index (Phi) is 8.36. The topological polar surface area (TPSA) is 79.0 Å². The number of nitrogens with zero attached hydrogens (tertiary/aromatic N) is 2. The first-order valence-electron chi connectivity index (χ1n) is 11.0. The number of nitrogens with one attached hydrogen (secondary N) is 1. The molecule has 0 amide bonds. The van der Waals surface area contributed by atoms with Crippen LogP contribution in [0.25, 0.3) is 0 Å². The van der Waals surface area contributed by atoms with E-state index in [-0.39, 0.29) is 54.4 Å². The minimum Gasteiger partial charge on any atom is -0.373 e. The fourth-order valence-electron chi connectivity index (χ4n) is 4.01. The molecule has 1 aliphatic rings. The maximum Gasteiger partial charge on any atom is 0.243 e. The lowest BCUT2D eigenvalue weighted by atomic mass is 10.1. The van der Waals surface area contributed by atoms with Gasteiger partial charge in [0.15, 0.2) is 5.78 Å². The summed E-state index contributed by atoms with van der Waals surface area (Å²) in [4.78, 5) is 14.9. The van der Waals surface area contributed by atoms with E-state index < -0.39 is 10.0 Å². The molecule has 9 heteroatoms. The highest BCUT2D eigenvalue weighted by atomic mass is 32.2. The molecule has 180 valence electrons. The van der Waals surface area contributed by atoms with Gasteiger partial charge < -0.3 is 15.0 Å². The second-order valence-electron chi connectivity index (χ2n) is 8.69. The van der Waals surface area contributed by atoms with Gasteiger partial charge in [0.25, 0.3) is 0 Å². The predicted molar refractivity (Wildman–Crippen MR) is 125 cm³/mol. The molecule has 3 rings (SSSR count). The van der Waals surface area contributed by atoms with Crippen LogP contribution < -0.4 is 5.32 Å². The van der Waals surface area contributed by atoms with Crippen molar-refractivity contribution in [2.75, 3.05) is 40.3 Å². The first kappa shape index (κ1) is 25.5. The van der Waals surface area contributed by atoms with Crippen LogP contribution in [0.4, 0.5) is 4.39 Å². The third-order valence-electron chi connectivity index (χ3n) is 5.68. The Morgan fingerprint density at radius 2 is 1.79 bits per heavy atom. The lowest BCUT2D eigenvalue weighted by Crippen LogP contribution is -2.48. The molecule has 1 saturated heterocycles. The van der Waals surface area contributed by atoms with Crippen molar-refractivity contribution in [1.29, 1.82) is 0 Å². The van der Waals surface area contributed by atoms with Crippen LogP contribution in [-0.2, 0) is 14.8 Å². The number of Topliss-reactive ketones (excluding diaryl/α,β-unsaturated/α-hetero) is 1. The Balaban J connectivity index is 1.66. The molecule has 7 nitrogen and oxygen atoms in total. The highest BCUT2D eigenvalue weighted by molar-refractivity contribution is 7.89. The summed E-state index contributed by atoms with van der Waals surface area (Å²) in [6.07, 6.45) is -0.383. The normalized spacial score (nSPS) is 20.7. The van der Waals surface area contributed by atoms with Gasteiger partial charge in [0.2, 0.25) is 10.0 Å². The molecule has 0 saturated carbocycles. The van der Waals surface area contributed by atoms with E-state index in [0.29, 0.717) is 12.1 Å². The van der Waals surface area contributed by atoms with Gasteiger partial charge in [0, 0.05) is 31.2 Å². The standard InChI is InChI=1S/C24H32FN3O4S/c1-17-15-28(16-18(2)32-17)33(30,31)22-7-5-6-20(12-22)24(29)14-26-13-23(27(3)4)19-8-10-21(25)11-9-19/h5-12,17-18,23,26H,13-16H2,1-4H3. The largest absolute Gasteiger partial charge is 0.373 e. The molecule has 2 aromatic rings. The highest BCUT2D eigenvalue weighted by Crippen LogP contribution is 2.22.